The van der Waals surface area contributed by atoms with Crippen molar-refractivity contribution in [3.8, 4) is 0 Å². The van der Waals surface area contributed by atoms with Crippen LogP contribution in [0.3, 0.4) is 0 Å². The Morgan fingerprint density at radius 2 is 1.91 bits per heavy atom. The number of carbonyl (C=O) groups excluding carboxylic acids is 1. The van der Waals surface area contributed by atoms with Crippen LogP contribution in [-0.2, 0) is 4.79 Å². The van der Waals surface area contributed by atoms with Gasteiger partial charge in [-0.1, -0.05) is 13.8 Å². The molecule has 0 aromatic rings. The molecule has 0 heterocycles. The Morgan fingerprint density at radius 1 is 1.36 bits per heavy atom. The number of hydrogen-bond donors (Lipinski definition) is 2. The molecule has 0 aromatic carbocycles. The number of amides is 1. The fourth-order valence-electron chi connectivity index (χ4n) is 0.589. The van der Waals surface area contributed by atoms with Gasteiger partial charge in [-0.05, 0) is 19.9 Å². The maximum atomic E-state index is 11.1. The van der Waals surface area contributed by atoms with E-state index in [1.807, 2.05) is 6.92 Å². The zero-order valence-corrected chi connectivity index (χ0v) is 7.77. The molecule has 1 unspecified atom stereocenters. The fraction of sp³-hybridized carbons (Fsp3) is 0.875. The molecule has 0 aromatic heterocycles. The van der Waals surface area contributed by atoms with E-state index < -0.39 is 0 Å². The monoisotopic (exact) mass is 158 g/mol. The van der Waals surface area contributed by atoms with Crippen molar-refractivity contribution in [3.63, 3.8) is 0 Å². The van der Waals surface area contributed by atoms with E-state index in [-0.39, 0.29) is 11.9 Å². The van der Waals surface area contributed by atoms with E-state index >= 15 is 0 Å². The van der Waals surface area contributed by atoms with Crippen molar-refractivity contribution in [2.45, 2.75) is 26.8 Å². The highest BCUT2D eigenvalue weighted by atomic mass is 16.2. The Hall–Kier alpha value is -0.570. The molecular weight excluding hydrogens is 140 g/mol. The molecule has 0 aliphatic heterocycles. The van der Waals surface area contributed by atoms with Gasteiger partial charge in [-0.15, -0.1) is 0 Å². The molecule has 66 valence electrons. The minimum absolute atomic E-state index is 0.0706. The van der Waals surface area contributed by atoms with Gasteiger partial charge in [0.2, 0.25) is 5.91 Å². The third-order valence-electron chi connectivity index (χ3n) is 1.51. The van der Waals surface area contributed by atoms with E-state index in [2.05, 4.69) is 24.5 Å². The van der Waals surface area contributed by atoms with Crippen LogP contribution in [0.25, 0.3) is 0 Å². The standard InChI is InChI=1S/C8H18N2O/c1-6(2)5-10-8(11)7(3)9-4/h6-7,9H,5H2,1-4H3,(H,10,11). The molecule has 0 rings (SSSR count). The van der Waals surface area contributed by atoms with Crippen LogP contribution in [0.4, 0.5) is 0 Å². The van der Waals surface area contributed by atoms with E-state index in [0.717, 1.165) is 6.54 Å². The van der Waals surface area contributed by atoms with Gasteiger partial charge in [-0.3, -0.25) is 4.79 Å². The first kappa shape index (κ1) is 10.4. The quantitative estimate of drug-likeness (QED) is 0.620. The summed E-state index contributed by atoms with van der Waals surface area (Å²) >= 11 is 0. The first-order chi connectivity index (χ1) is 5.07. The third-order valence-corrected chi connectivity index (χ3v) is 1.51. The maximum Gasteiger partial charge on any atom is 0.236 e. The number of carbonyl (C=O) groups is 1. The largest absolute Gasteiger partial charge is 0.354 e. The molecule has 11 heavy (non-hydrogen) atoms. The lowest BCUT2D eigenvalue weighted by Crippen LogP contribution is -2.41. The van der Waals surface area contributed by atoms with E-state index in [1.54, 1.807) is 7.05 Å². The lowest BCUT2D eigenvalue weighted by atomic mass is 10.2. The van der Waals surface area contributed by atoms with Crippen LogP contribution >= 0.6 is 0 Å². The van der Waals surface area contributed by atoms with E-state index in [1.165, 1.54) is 0 Å². The zero-order chi connectivity index (χ0) is 8.85. The van der Waals surface area contributed by atoms with Gasteiger partial charge in [0.05, 0.1) is 6.04 Å². The minimum Gasteiger partial charge on any atom is -0.354 e. The zero-order valence-electron chi connectivity index (χ0n) is 7.77. The van der Waals surface area contributed by atoms with Crippen LogP contribution in [0.5, 0.6) is 0 Å². The summed E-state index contributed by atoms with van der Waals surface area (Å²) in [4.78, 5) is 11.1. The summed E-state index contributed by atoms with van der Waals surface area (Å²) in [5.41, 5.74) is 0. The SMILES string of the molecule is CNC(C)C(=O)NCC(C)C. The van der Waals surface area contributed by atoms with Gasteiger partial charge >= 0.3 is 0 Å². The van der Waals surface area contributed by atoms with Crippen molar-refractivity contribution in [2.75, 3.05) is 13.6 Å². The second-order valence-corrected chi connectivity index (χ2v) is 3.15. The molecule has 0 saturated carbocycles. The van der Waals surface area contributed by atoms with Crippen molar-refractivity contribution in [1.29, 1.82) is 0 Å². The first-order valence-corrected chi connectivity index (χ1v) is 4.03. The van der Waals surface area contributed by atoms with Gasteiger partial charge < -0.3 is 10.6 Å². The van der Waals surface area contributed by atoms with Crippen LogP contribution in [0.15, 0.2) is 0 Å². The van der Waals surface area contributed by atoms with Crippen molar-refractivity contribution < 1.29 is 4.79 Å². The Bertz CT molecular complexity index is 123. The van der Waals surface area contributed by atoms with E-state index in [9.17, 15) is 4.79 Å². The van der Waals surface area contributed by atoms with E-state index in [0.29, 0.717) is 5.92 Å². The maximum absolute atomic E-state index is 11.1. The summed E-state index contributed by atoms with van der Waals surface area (Å²) in [6, 6.07) is -0.0891. The lowest BCUT2D eigenvalue weighted by Gasteiger charge is -2.12. The highest BCUT2D eigenvalue weighted by Crippen LogP contribution is 1.88. The molecule has 1 amide bonds. The first-order valence-electron chi connectivity index (χ1n) is 4.03. The topological polar surface area (TPSA) is 41.1 Å². The molecule has 0 aliphatic rings. The fourth-order valence-corrected chi connectivity index (χ4v) is 0.589. The van der Waals surface area contributed by atoms with Crippen molar-refractivity contribution in [2.24, 2.45) is 5.92 Å². The average Bonchev–Trinajstić information content (AvgIpc) is 1.98. The molecule has 1 atom stereocenters. The van der Waals surface area contributed by atoms with Crippen LogP contribution in [0.1, 0.15) is 20.8 Å². The van der Waals surface area contributed by atoms with Gasteiger partial charge in [-0.2, -0.15) is 0 Å². The number of likely N-dealkylation sites (N-methyl/N-ethyl adjacent to an activating group) is 1. The van der Waals surface area contributed by atoms with Gasteiger partial charge in [0.25, 0.3) is 0 Å². The predicted octanol–water partition coefficient (Wildman–Crippen LogP) is 0.366. The summed E-state index contributed by atoms with van der Waals surface area (Å²) < 4.78 is 0. The second-order valence-electron chi connectivity index (χ2n) is 3.15. The highest BCUT2D eigenvalue weighted by molar-refractivity contribution is 5.81. The summed E-state index contributed by atoms with van der Waals surface area (Å²) in [5, 5.41) is 5.71. The summed E-state index contributed by atoms with van der Waals surface area (Å²) in [6.07, 6.45) is 0. The van der Waals surface area contributed by atoms with Gasteiger partial charge in [0.15, 0.2) is 0 Å². The van der Waals surface area contributed by atoms with Crippen LogP contribution < -0.4 is 10.6 Å². The minimum atomic E-state index is -0.0891. The Balaban J connectivity index is 3.52. The molecular formula is C8H18N2O. The Labute approximate surface area is 68.6 Å². The smallest absolute Gasteiger partial charge is 0.236 e. The van der Waals surface area contributed by atoms with Gasteiger partial charge in [0, 0.05) is 6.54 Å². The summed E-state index contributed by atoms with van der Waals surface area (Å²) in [7, 11) is 1.78. The molecule has 0 spiro atoms. The van der Waals surface area contributed by atoms with Crippen LogP contribution in [0, 0.1) is 5.92 Å². The number of rotatable bonds is 4. The van der Waals surface area contributed by atoms with Crippen molar-refractivity contribution in [1.82, 2.24) is 10.6 Å². The van der Waals surface area contributed by atoms with E-state index in [4.69, 9.17) is 0 Å². The Morgan fingerprint density at radius 3 is 2.27 bits per heavy atom. The summed E-state index contributed by atoms with van der Waals surface area (Å²) in [6.45, 7) is 6.75. The highest BCUT2D eigenvalue weighted by Gasteiger charge is 2.08. The second kappa shape index (κ2) is 5.13. The molecule has 3 nitrogen and oxygen atoms in total. The van der Waals surface area contributed by atoms with Crippen molar-refractivity contribution in [3.05, 3.63) is 0 Å². The third kappa shape index (κ3) is 4.79. The number of nitrogens with one attached hydrogen (secondary N) is 2. The lowest BCUT2D eigenvalue weighted by molar-refractivity contribution is -0.122. The normalized spacial score (nSPS) is 13.2. The molecule has 0 fully saturated rings. The summed E-state index contributed by atoms with van der Waals surface area (Å²) in [5.74, 6) is 0.587. The Kier molecular flexibility index (Phi) is 4.86. The van der Waals surface area contributed by atoms with Crippen molar-refractivity contribution >= 4 is 5.91 Å². The van der Waals surface area contributed by atoms with Gasteiger partial charge in [0.1, 0.15) is 0 Å². The molecule has 0 bridgehead atoms. The molecule has 0 saturated heterocycles. The molecule has 0 radical (unpaired) electrons. The predicted molar refractivity (Wildman–Crippen MR) is 46.4 cm³/mol. The average molecular weight is 158 g/mol. The number of hydrogen-bond acceptors (Lipinski definition) is 2. The molecule has 3 heteroatoms. The molecule has 2 N–H and O–H groups in total. The van der Waals surface area contributed by atoms with Crippen LogP contribution in [0.2, 0.25) is 0 Å². The van der Waals surface area contributed by atoms with Crippen LogP contribution in [-0.4, -0.2) is 25.5 Å². The van der Waals surface area contributed by atoms with Gasteiger partial charge in [-0.25, -0.2) is 0 Å². The molecule has 0 aliphatic carbocycles.